The van der Waals surface area contributed by atoms with E-state index in [-0.39, 0.29) is 59.0 Å². The van der Waals surface area contributed by atoms with Crippen molar-refractivity contribution in [3.8, 4) is 5.88 Å². The van der Waals surface area contributed by atoms with Crippen LogP contribution in [0.3, 0.4) is 0 Å². The zero-order valence-electron chi connectivity index (χ0n) is 34.0. The number of likely N-dealkylation sites (N-methyl/N-ethyl adjacent to an activating group) is 1. The number of nitrogens with zero attached hydrogens (tertiary/aromatic N) is 5. The molecule has 0 radical (unpaired) electrons. The Bertz CT molecular complexity index is 1950. The number of hydrogen-bond donors (Lipinski definition) is 0. The lowest BCUT2D eigenvalue weighted by Crippen LogP contribution is -2.41. The van der Waals surface area contributed by atoms with Crippen molar-refractivity contribution in [1.82, 2.24) is 24.6 Å². The van der Waals surface area contributed by atoms with Crippen LogP contribution in [0.4, 0.5) is 22.4 Å². The summed E-state index contributed by atoms with van der Waals surface area (Å²) < 4.78 is 90.2. The highest BCUT2D eigenvalue weighted by Crippen LogP contribution is 2.44. The Morgan fingerprint density at radius 2 is 1.72 bits per heavy atom. The molecule has 0 N–H and O–H groups in total. The summed E-state index contributed by atoms with van der Waals surface area (Å²) >= 11 is 0. The molecule has 1 atom stereocenters. The van der Waals surface area contributed by atoms with Gasteiger partial charge in [0.25, 0.3) is 0 Å². The van der Waals surface area contributed by atoms with E-state index >= 15 is 4.39 Å². The van der Waals surface area contributed by atoms with Crippen LogP contribution in [0.2, 0.25) is 0 Å². The van der Waals surface area contributed by atoms with Crippen molar-refractivity contribution < 1.29 is 50.7 Å². The van der Waals surface area contributed by atoms with Crippen LogP contribution < -0.4 is 4.74 Å². The van der Waals surface area contributed by atoms with Gasteiger partial charge in [0, 0.05) is 51.1 Å². The first-order valence-corrected chi connectivity index (χ1v) is 19.0. The first kappa shape index (κ1) is 43.6. The van der Waals surface area contributed by atoms with Crippen molar-refractivity contribution in [1.29, 1.82) is 0 Å². The Balaban J connectivity index is 1.50. The second-order valence-electron chi connectivity index (χ2n) is 16.4. The van der Waals surface area contributed by atoms with Crippen LogP contribution >= 0.6 is 0 Å². The maximum atomic E-state index is 15.6. The molecule has 0 saturated carbocycles. The Labute approximate surface area is 331 Å². The quantitative estimate of drug-likeness (QED) is 0.102. The maximum absolute atomic E-state index is 15.6. The lowest BCUT2D eigenvalue weighted by molar-refractivity contribution is -0.126. The lowest BCUT2D eigenvalue weighted by atomic mass is 9.70. The van der Waals surface area contributed by atoms with Crippen LogP contribution in [0.25, 0.3) is 16.5 Å². The fourth-order valence-corrected chi connectivity index (χ4v) is 6.31. The first-order valence-electron chi connectivity index (χ1n) is 19.0. The molecule has 2 aliphatic rings. The van der Waals surface area contributed by atoms with E-state index < -0.39 is 54.8 Å². The number of benzene rings is 1. The number of allylic oxidation sites excluding steroid dienone is 1. The fraction of sp³-hybridized carbons (Fsp3) is 0.550. The van der Waals surface area contributed by atoms with E-state index in [4.69, 9.17) is 23.5 Å². The molecule has 0 spiro atoms. The van der Waals surface area contributed by atoms with E-state index in [0.717, 1.165) is 12.8 Å². The topological polar surface area (TPSA) is 117 Å². The highest BCUT2D eigenvalue weighted by Gasteiger charge is 2.54. The number of carbonyl (C=O) groups excluding carboxylic acids is 2. The highest BCUT2D eigenvalue weighted by atomic mass is 19.4. The van der Waals surface area contributed by atoms with Gasteiger partial charge in [0.15, 0.2) is 6.23 Å². The minimum Gasteiger partial charge on any atom is -0.476 e. The van der Waals surface area contributed by atoms with Crippen molar-refractivity contribution in [2.75, 3.05) is 40.4 Å². The monoisotopic (exact) mass is 801 g/mol. The average Bonchev–Trinajstić information content (AvgIpc) is 3.56. The summed E-state index contributed by atoms with van der Waals surface area (Å²) in [6, 6.07) is 7.78. The number of rotatable bonds is 12. The largest absolute Gasteiger partial charge is 0.491 e. The Hall–Kier alpha value is -4.48. The van der Waals surface area contributed by atoms with Gasteiger partial charge in [0.05, 0.1) is 35.1 Å². The van der Waals surface area contributed by atoms with Gasteiger partial charge in [-0.2, -0.15) is 17.6 Å². The molecule has 1 unspecified atom stereocenters. The molecule has 5 rings (SSSR count). The Morgan fingerprint density at radius 1 is 1.04 bits per heavy atom. The summed E-state index contributed by atoms with van der Waals surface area (Å²) in [6.45, 7) is 12.8. The second-order valence-corrected chi connectivity index (χ2v) is 16.4. The molecule has 2 amide bonds. The third-order valence-corrected chi connectivity index (χ3v) is 9.94. The summed E-state index contributed by atoms with van der Waals surface area (Å²) in [5.74, 6) is -0.904. The van der Waals surface area contributed by atoms with Gasteiger partial charge in [-0.15, -0.1) is 5.10 Å². The summed E-state index contributed by atoms with van der Waals surface area (Å²) in [5.41, 5.74) is -1.83. The molecule has 17 heteroatoms. The van der Waals surface area contributed by atoms with Crippen LogP contribution in [0.1, 0.15) is 91.5 Å². The van der Waals surface area contributed by atoms with Gasteiger partial charge in [0.1, 0.15) is 12.2 Å². The summed E-state index contributed by atoms with van der Waals surface area (Å²) in [4.78, 5) is 32.2. The van der Waals surface area contributed by atoms with E-state index in [1.165, 1.54) is 38.9 Å². The standard InChI is InChI=1S/C40H52BF4N5O7/c1-37(2,3)55-36(52)49(19-12-13-32(51)48(8)9)20-22-53-31-18-16-27(25-46-31)34(29(24-40(43,44)45)41-56-38(4,5)39(6,7)57-41)26-15-17-30-28(23-26)35(42)47-50(30)33-14-10-11-21-54-33/h12-13,15-18,23,25,33H,10-11,14,19-22,24H2,1-9H3/b13-12+,34-29-. The van der Waals surface area contributed by atoms with Gasteiger partial charge in [0.2, 0.25) is 17.7 Å². The minimum atomic E-state index is -4.67. The van der Waals surface area contributed by atoms with Gasteiger partial charge in [-0.1, -0.05) is 12.1 Å². The number of halogens is 4. The van der Waals surface area contributed by atoms with E-state index in [0.29, 0.717) is 18.5 Å². The number of amides is 2. The molecule has 0 aliphatic carbocycles. The van der Waals surface area contributed by atoms with Crippen LogP contribution in [-0.4, -0.2) is 107 Å². The molecule has 310 valence electrons. The van der Waals surface area contributed by atoms with Crippen molar-refractivity contribution in [3.05, 3.63) is 71.2 Å². The van der Waals surface area contributed by atoms with Crippen LogP contribution in [-0.2, 0) is 23.6 Å². The summed E-state index contributed by atoms with van der Waals surface area (Å²) in [6.07, 6.45) is -0.451. The third kappa shape index (κ3) is 10.9. The highest BCUT2D eigenvalue weighted by molar-refractivity contribution is 6.56. The normalized spacial score (nSPS) is 18.8. The molecular weight excluding hydrogens is 749 g/mol. The van der Waals surface area contributed by atoms with Crippen LogP contribution in [0.5, 0.6) is 5.88 Å². The molecule has 3 aromatic rings. The smallest absolute Gasteiger partial charge is 0.476 e. The number of hydrogen-bond acceptors (Lipinski definition) is 9. The molecule has 1 aromatic carbocycles. The van der Waals surface area contributed by atoms with Crippen molar-refractivity contribution in [2.24, 2.45) is 0 Å². The predicted molar refractivity (Wildman–Crippen MR) is 207 cm³/mol. The van der Waals surface area contributed by atoms with Gasteiger partial charge in [-0.3, -0.25) is 4.79 Å². The number of ether oxygens (including phenoxy) is 3. The predicted octanol–water partition coefficient (Wildman–Crippen LogP) is 7.92. The fourth-order valence-electron chi connectivity index (χ4n) is 6.31. The van der Waals surface area contributed by atoms with E-state index in [9.17, 15) is 22.8 Å². The van der Waals surface area contributed by atoms with Crippen LogP contribution in [0, 0.1) is 5.95 Å². The molecule has 57 heavy (non-hydrogen) atoms. The molecule has 2 aromatic heterocycles. The third-order valence-electron chi connectivity index (χ3n) is 9.94. The SMILES string of the molecule is CN(C)C(=O)/C=C/CN(CCOc1ccc(/C(=C(/CC(F)(F)F)B2OC(C)(C)C(C)(C)O2)c2ccc3c(c2)c(F)nn3C2CCCCO2)cn1)C(=O)OC(C)(C)C. The zero-order chi connectivity index (χ0) is 41.9. The molecule has 4 heterocycles. The van der Waals surface area contributed by atoms with Crippen molar-refractivity contribution in [2.45, 2.75) is 103 Å². The van der Waals surface area contributed by atoms with E-state index in [2.05, 4.69) is 10.1 Å². The van der Waals surface area contributed by atoms with Crippen molar-refractivity contribution in [3.63, 3.8) is 0 Å². The van der Waals surface area contributed by atoms with E-state index in [1.807, 2.05) is 0 Å². The number of aromatic nitrogens is 3. The first-order chi connectivity index (χ1) is 26.5. The van der Waals surface area contributed by atoms with Gasteiger partial charge in [-0.05, 0) is 103 Å². The number of fused-ring (bicyclic) bond motifs is 1. The van der Waals surface area contributed by atoms with Crippen molar-refractivity contribution >= 4 is 35.6 Å². The molecular formula is C40H52BF4N5O7. The van der Waals surface area contributed by atoms with Crippen LogP contribution in [0.15, 0.2) is 54.2 Å². The van der Waals surface area contributed by atoms with Gasteiger partial charge < -0.3 is 33.3 Å². The van der Waals surface area contributed by atoms with E-state index in [1.54, 1.807) is 86.8 Å². The summed E-state index contributed by atoms with van der Waals surface area (Å²) in [7, 11) is 1.82. The van der Waals surface area contributed by atoms with Gasteiger partial charge >= 0.3 is 19.4 Å². The molecule has 2 saturated heterocycles. The molecule has 2 fully saturated rings. The Morgan fingerprint density at radius 3 is 2.30 bits per heavy atom. The summed E-state index contributed by atoms with van der Waals surface area (Å²) in [5, 5.41) is 4.23. The molecule has 2 aliphatic heterocycles. The molecule has 12 nitrogen and oxygen atoms in total. The Kier molecular flexibility index (Phi) is 13.1. The average molecular weight is 802 g/mol. The number of alkyl halides is 3. The maximum Gasteiger partial charge on any atom is 0.491 e. The lowest BCUT2D eigenvalue weighted by Gasteiger charge is -2.32. The number of pyridine rings is 1. The minimum absolute atomic E-state index is 0.0262. The zero-order valence-corrected chi connectivity index (χ0v) is 34.0. The number of carbonyl (C=O) groups is 2. The molecule has 0 bridgehead atoms. The van der Waals surface area contributed by atoms with Gasteiger partial charge in [-0.25, -0.2) is 14.5 Å². The second kappa shape index (κ2) is 17.2.